The van der Waals surface area contributed by atoms with Gasteiger partial charge in [0.1, 0.15) is 11.6 Å². The molecule has 1 aromatic carbocycles. The second-order valence-electron chi connectivity index (χ2n) is 3.72. The van der Waals surface area contributed by atoms with Gasteiger partial charge in [0.05, 0.1) is 5.69 Å². The quantitative estimate of drug-likeness (QED) is 0.908. The number of imidazole rings is 1. The third-order valence-corrected chi connectivity index (χ3v) is 2.76. The van der Waals surface area contributed by atoms with Crippen LogP contribution in [0.2, 0.25) is 5.02 Å². The van der Waals surface area contributed by atoms with Gasteiger partial charge in [0.15, 0.2) is 0 Å². The van der Waals surface area contributed by atoms with E-state index in [1.807, 2.05) is 17.7 Å². The van der Waals surface area contributed by atoms with Crippen molar-refractivity contribution in [1.82, 2.24) is 9.55 Å². The van der Waals surface area contributed by atoms with Crippen LogP contribution in [0.1, 0.15) is 5.82 Å². The van der Waals surface area contributed by atoms with E-state index in [0.717, 1.165) is 12.4 Å². The number of benzene rings is 1. The summed E-state index contributed by atoms with van der Waals surface area (Å²) >= 11 is 5.80. The fourth-order valence-electron chi connectivity index (χ4n) is 1.58. The van der Waals surface area contributed by atoms with Gasteiger partial charge in [0.25, 0.3) is 0 Å². The van der Waals surface area contributed by atoms with Gasteiger partial charge in [-0.25, -0.2) is 9.37 Å². The predicted octanol–water partition coefficient (Wildman–Crippen LogP) is 3.10. The van der Waals surface area contributed by atoms with Crippen LogP contribution in [0.25, 0.3) is 0 Å². The van der Waals surface area contributed by atoms with E-state index in [0.29, 0.717) is 17.3 Å². The first-order valence-electron chi connectivity index (χ1n) is 5.33. The monoisotopic (exact) mass is 253 g/mol. The SMILES string of the molecule is Cc1nccn1CCNc1cc(Cl)ccc1F. The van der Waals surface area contributed by atoms with Gasteiger partial charge in [-0.3, -0.25) is 0 Å². The van der Waals surface area contributed by atoms with Crippen molar-refractivity contribution in [3.8, 4) is 0 Å². The molecule has 1 N–H and O–H groups in total. The van der Waals surface area contributed by atoms with Gasteiger partial charge in [-0.2, -0.15) is 0 Å². The van der Waals surface area contributed by atoms with Gasteiger partial charge in [-0.15, -0.1) is 0 Å². The standard InChI is InChI=1S/C12H13ClFN3/c1-9-15-4-6-17(9)7-5-16-12-8-10(13)2-3-11(12)14/h2-4,6,8,16H,5,7H2,1H3. The summed E-state index contributed by atoms with van der Waals surface area (Å²) in [6, 6.07) is 4.47. The second kappa shape index (κ2) is 5.19. The lowest BCUT2D eigenvalue weighted by atomic mass is 10.3. The third kappa shape index (κ3) is 2.97. The molecule has 0 fully saturated rings. The van der Waals surface area contributed by atoms with E-state index in [1.54, 1.807) is 12.3 Å². The van der Waals surface area contributed by atoms with Crippen LogP contribution in [0.3, 0.4) is 0 Å². The molecule has 0 saturated heterocycles. The van der Waals surface area contributed by atoms with Gasteiger partial charge in [0.2, 0.25) is 0 Å². The fraction of sp³-hybridized carbons (Fsp3) is 0.250. The molecule has 1 heterocycles. The van der Waals surface area contributed by atoms with Crippen molar-refractivity contribution >= 4 is 17.3 Å². The van der Waals surface area contributed by atoms with Crippen LogP contribution >= 0.6 is 11.6 Å². The van der Waals surface area contributed by atoms with Crippen LogP contribution in [0.5, 0.6) is 0 Å². The highest BCUT2D eigenvalue weighted by Crippen LogP contribution is 2.19. The predicted molar refractivity (Wildman–Crippen MR) is 66.9 cm³/mol. The lowest BCUT2D eigenvalue weighted by Gasteiger charge is -2.09. The Morgan fingerprint density at radius 2 is 2.29 bits per heavy atom. The van der Waals surface area contributed by atoms with Crippen molar-refractivity contribution in [3.63, 3.8) is 0 Å². The highest BCUT2D eigenvalue weighted by molar-refractivity contribution is 6.30. The Hall–Kier alpha value is -1.55. The van der Waals surface area contributed by atoms with E-state index < -0.39 is 0 Å². The zero-order valence-corrected chi connectivity index (χ0v) is 10.2. The lowest BCUT2D eigenvalue weighted by molar-refractivity contribution is 0.627. The molecule has 90 valence electrons. The first-order valence-corrected chi connectivity index (χ1v) is 5.71. The largest absolute Gasteiger partial charge is 0.381 e. The Labute approximate surface area is 104 Å². The molecule has 0 spiro atoms. The molecule has 0 unspecified atom stereocenters. The molecule has 0 radical (unpaired) electrons. The third-order valence-electron chi connectivity index (χ3n) is 2.52. The maximum atomic E-state index is 13.4. The molecular weight excluding hydrogens is 241 g/mol. The zero-order valence-electron chi connectivity index (χ0n) is 9.45. The van der Waals surface area contributed by atoms with Crippen molar-refractivity contribution in [2.24, 2.45) is 0 Å². The number of aryl methyl sites for hydroxylation is 1. The van der Waals surface area contributed by atoms with Gasteiger partial charge in [0, 0.05) is 30.5 Å². The van der Waals surface area contributed by atoms with Crippen LogP contribution in [-0.4, -0.2) is 16.1 Å². The molecule has 0 bridgehead atoms. The Balaban J connectivity index is 1.94. The van der Waals surface area contributed by atoms with Crippen LogP contribution in [0.4, 0.5) is 10.1 Å². The summed E-state index contributed by atoms with van der Waals surface area (Å²) in [5.41, 5.74) is 0.426. The molecule has 2 aromatic rings. The van der Waals surface area contributed by atoms with Crippen molar-refractivity contribution in [1.29, 1.82) is 0 Å². The van der Waals surface area contributed by atoms with Crippen LogP contribution in [0, 0.1) is 12.7 Å². The average Bonchev–Trinajstić information content (AvgIpc) is 2.70. The Morgan fingerprint density at radius 3 is 3.00 bits per heavy atom. The lowest BCUT2D eigenvalue weighted by Crippen LogP contribution is -2.11. The van der Waals surface area contributed by atoms with E-state index in [2.05, 4.69) is 10.3 Å². The number of nitrogens with zero attached hydrogens (tertiary/aromatic N) is 2. The number of nitrogens with one attached hydrogen (secondary N) is 1. The maximum Gasteiger partial charge on any atom is 0.146 e. The smallest absolute Gasteiger partial charge is 0.146 e. The average molecular weight is 254 g/mol. The molecule has 5 heteroatoms. The summed E-state index contributed by atoms with van der Waals surface area (Å²) in [6.07, 6.45) is 3.64. The highest BCUT2D eigenvalue weighted by Gasteiger charge is 2.02. The Bertz CT molecular complexity index is 510. The molecule has 3 nitrogen and oxygen atoms in total. The minimum atomic E-state index is -0.295. The minimum absolute atomic E-state index is 0.295. The molecule has 0 aliphatic carbocycles. The highest BCUT2D eigenvalue weighted by atomic mass is 35.5. The van der Waals surface area contributed by atoms with Gasteiger partial charge in [-0.1, -0.05) is 11.6 Å². The summed E-state index contributed by atoms with van der Waals surface area (Å²) < 4.78 is 15.4. The van der Waals surface area contributed by atoms with Crippen LogP contribution < -0.4 is 5.32 Å². The number of hydrogen-bond donors (Lipinski definition) is 1. The fourth-order valence-corrected chi connectivity index (χ4v) is 1.76. The van der Waals surface area contributed by atoms with Crippen LogP contribution in [0.15, 0.2) is 30.6 Å². The molecule has 0 aliphatic rings. The molecule has 0 saturated carbocycles. The van der Waals surface area contributed by atoms with E-state index in [1.165, 1.54) is 12.1 Å². The molecule has 0 aliphatic heterocycles. The molecule has 17 heavy (non-hydrogen) atoms. The molecular formula is C12H13ClFN3. The Kier molecular flexibility index (Phi) is 3.64. The summed E-state index contributed by atoms with van der Waals surface area (Å²) in [4.78, 5) is 4.11. The molecule has 1 aromatic heterocycles. The van der Waals surface area contributed by atoms with Crippen molar-refractivity contribution < 1.29 is 4.39 Å². The first-order chi connectivity index (χ1) is 8.16. The number of rotatable bonds is 4. The summed E-state index contributed by atoms with van der Waals surface area (Å²) in [6.45, 7) is 3.28. The van der Waals surface area contributed by atoms with E-state index >= 15 is 0 Å². The topological polar surface area (TPSA) is 29.9 Å². The number of aromatic nitrogens is 2. The molecule has 0 atom stereocenters. The molecule has 2 rings (SSSR count). The number of anilines is 1. The van der Waals surface area contributed by atoms with Crippen molar-refractivity contribution in [2.45, 2.75) is 13.5 Å². The van der Waals surface area contributed by atoms with Gasteiger partial charge >= 0.3 is 0 Å². The van der Waals surface area contributed by atoms with Crippen LogP contribution in [-0.2, 0) is 6.54 Å². The first kappa shape index (κ1) is 11.9. The number of hydrogen-bond acceptors (Lipinski definition) is 2. The summed E-state index contributed by atoms with van der Waals surface area (Å²) in [5, 5.41) is 3.53. The summed E-state index contributed by atoms with van der Waals surface area (Å²) in [5.74, 6) is 0.648. The maximum absolute atomic E-state index is 13.4. The van der Waals surface area contributed by atoms with E-state index in [9.17, 15) is 4.39 Å². The zero-order chi connectivity index (χ0) is 12.3. The van der Waals surface area contributed by atoms with Gasteiger partial charge < -0.3 is 9.88 Å². The number of halogens is 2. The van der Waals surface area contributed by atoms with E-state index in [4.69, 9.17) is 11.6 Å². The molecule has 0 amide bonds. The minimum Gasteiger partial charge on any atom is -0.381 e. The Morgan fingerprint density at radius 1 is 1.47 bits per heavy atom. The van der Waals surface area contributed by atoms with Gasteiger partial charge in [-0.05, 0) is 25.1 Å². The normalized spacial score (nSPS) is 10.5. The van der Waals surface area contributed by atoms with Crippen molar-refractivity contribution in [3.05, 3.63) is 47.3 Å². The second-order valence-corrected chi connectivity index (χ2v) is 4.16. The van der Waals surface area contributed by atoms with E-state index in [-0.39, 0.29) is 5.82 Å². The summed E-state index contributed by atoms with van der Waals surface area (Å²) in [7, 11) is 0. The van der Waals surface area contributed by atoms with Crippen molar-refractivity contribution in [2.75, 3.05) is 11.9 Å².